The molecule has 2 aromatic rings. The Morgan fingerprint density at radius 2 is 1.71 bits per heavy atom. The van der Waals surface area contributed by atoms with Gasteiger partial charge in [-0.1, -0.05) is 0 Å². The zero-order valence-electron chi connectivity index (χ0n) is 13.1. The average Bonchev–Trinajstić information content (AvgIpc) is 2.60. The number of nitro benzene ring substituents is 1. The van der Waals surface area contributed by atoms with Gasteiger partial charge in [0.25, 0.3) is 5.69 Å². The summed E-state index contributed by atoms with van der Waals surface area (Å²) in [5, 5.41) is 10.6. The summed E-state index contributed by atoms with van der Waals surface area (Å²) >= 11 is 0. The van der Waals surface area contributed by atoms with E-state index < -0.39 is 10.9 Å². The highest BCUT2D eigenvalue weighted by Gasteiger charge is 2.07. The lowest BCUT2D eigenvalue weighted by atomic mass is 10.2. The molecule has 0 saturated heterocycles. The highest BCUT2D eigenvalue weighted by molar-refractivity contribution is 5.89. The molecule has 2 aromatic carbocycles. The number of non-ortho nitro benzene ring substituents is 1. The lowest BCUT2D eigenvalue weighted by molar-refractivity contribution is -0.384. The topological polar surface area (TPSA) is 87.9 Å². The van der Waals surface area contributed by atoms with Crippen LogP contribution in [0.4, 0.5) is 5.69 Å². The highest BCUT2D eigenvalue weighted by Crippen LogP contribution is 2.25. The fourth-order valence-electron chi connectivity index (χ4n) is 1.90. The van der Waals surface area contributed by atoms with E-state index in [2.05, 4.69) is 0 Å². The molecule has 0 bridgehead atoms. The van der Waals surface area contributed by atoms with Gasteiger partial charge in [0.15, 0.2) is 0 Å². The molecule has 0 aliphatic rings. The molecule has 0 aliphatic heterocycles. The minimum Gasteiger partial charge on any atom is -0.497 e. The zero-order valence-corrected chi connectivity index (χ0v) is 13.1. The first-order valence-electron chi connectivity index (χ1n) is 6.90. The molecular formula is C17H15NO6. The highest BCUT2D eigenvalue weighted by atomic mass is 16.6. The monoisotopic (exact) mass is 329 g/mol. The lowest BCUT2D eigenvalue weighted by Gasteiger charge is -2.07. The summed E-state index contributed by atoms with van der Waals surface area (Å²) in [6, 6.07) is 10.4. The summed E-state index contributed by atoms with van der Waals surface area (Å²) in [6.07, 6.45) is 2.79. The van der Waals surface area contributed by atoms with Gasteiger partial charge in [0, 0.05) is 29.8 Å². The van der Waals surface area contributed by atoms with Crippen molar-refractivity contribution in [3.8, 4) is 17.2 Å². The summed E-state index contributed by atoms with van der Waals surface area (Å²) in [6.45, 7) is 0. The summed E-state index contributed by atoms with van der Waals surface area (Å²) < 4.78 is 15.4. The molecule has 0 aliphatic carbocycles. The van der Waals surface area contributed by atoms with Gasteiger partial charge in [0.2, 0.25) is 0 Å². The van der Waals surface area contributed by atoms with E-state index in [-0.39, 0.29) is 11.4 Å². The number of benzene rings is 2. The largest absolute Gasteiger partial charge is 0.497 e. The molecule has 0 unspecified atom stereocenters. The molecule has 7 nitrogen and oxygen atoms in total. The van der Waals surface area contributed by atoms with E-state index in [9.17, 15) is 14.9 Å². The van der Waals surface area contributed by atoms with Crippen molar-refractivity contribution >= 4 is 17.7 Å². The molecule has 0 fully saturated rings. The van der Waals surface area contributed by atoms with Gasteiger partial charge in [-0.25, -0.2) is 4.79 Å². The number of rotatable bonds is 6. The van der Waals surface area contributed by atoms with Crippen LogP contribution in [0, 0.1) is 10.1 Å². The SMILES string of the molecule is COc1ccc(/C=C/C(=O)Oc2ccc([N+](=O)[O-])cc2)c(OC)c1. The van der Waals surface area contributed by atoms with Crippen molar-refractivity contribution in [1.82, 2.24) is 0 Å². The smallest absolute Gasteiger partial charge is 0.336 e. The van der Waals surface area contributed by atoms with Gasteiger partial charge in [-0.3, -0.25) is 10.1 Å². The molecule has 0 aromatic heterocycles. The summed E-state index contributed by atoms with van der Waals surface area (Å²) in [5.41, 5.74) is 0.604. The standard InChI is InChI=1S/C17H15NO6/c1-22-15-7-3-12(16(11-15)23-2)4-10-17(19)24-14-8-5-13(6-9-14)18(20)21/h3-11H,1-2H3/b10-4+. The van der Waals surface area contributed by atoms with Gasteiger partial charge in [0.1, 0.15) is 17.2 Å². The second-order valence-corrected chi connectivity index (χ2v) is 4.61. The first-order valence-corrected chi connectivity index (χ1v) is 6.90. The van der Waals surface area contributed by atoms with Crippen molar-refractivity contribution in [2.45, 2.75) is 0 Å². The van der Waals surface area contributed by atoms with Crippen LogP contribution in [0.25, 0.3) is 6.08 Å². The fourth-order valence-corrected chi connectivity index (χ4v) is 1.90. The molecule has 0 atom stereocenters. The van der Waals surface area contributed by atoms with Crippen LogP contribution in [0.5, 0.6) is 17.2 Å². The van der Waals surface area contributed by atoms with E-state index in [0.717, 1.165) is 0 Å². The number of hydrogen-bond acceptors (Lipinski definition) is 6. The van der Waals surface area contributed by atoms with Crippen LogP contribution in [0.3, 0.4) is 0 Å². The normalized spacial score (nSPS) is 10.4. The van der Waals surface area contributed by atoms with Crippen LogP contribution < -0.4 is 14.2 Å². The summed E-state index contributed by atoms with van der Waals surface area (Å²) in [7, 11) is 3.06. The second kappa shape index (κ2) is 7.77. The van der Waals surface area contributed by atoms with E-state index in [4.69, 9.17) is 14.2 Å². The van der Waals surface area contributed by atoms with Gasteiger partial charge < -0.3 is 14.2 Å². The number of nitro groups is 1. The molecule has 0 amide bonds. The van der Waals surface area contributed by atoms with Crippen LogP contribution in [-0.4, -0.2) is 25.1 Å². The minimum atomic E-state index is -0.610. The maximum absolute atomic E-state index is 11.8. The van der Waals surface area contributed by atoms with Crippen molar-refractivity contribution < 1.29 is 23.9 Å². The average molecular weight is 329 g/mol. The third-order valence-corrected chi connectivity index (χ3v) is 3.11. The van der Waals surface area contributed by atoms with E-state index in [0.29, 0.717) is 17.1 Å². The first-order chi connectivity index (χ1) is 11.5. The van der Waals surface area contributed by atoms with E-state index in [1.54, 1.807) is 31.4 Å². The molecule has 2 rings (SSSR count). The minimum absolute atomic E-state index is 0.0756. The molecule has 124 valence electrons. The van der Waals surface area contributed by atoms with Gasteiger partial charge in [-0.15, -0.1) is 0 Å². The van der Waals surface area contributed by atoms with Crippen LogP contribution in [-0.2, 0) is 4.79 Å². The van der Waals surface area contributed by atoms with Crippen molar-refractivity contribution in [1.29, 1.82) is 0 Å². The summed E-state index contributed by atoms with van der Waals surface area (Å²) in [5.74, 6) is 0.796. The first kappa shape index (κ1) is 17.0. The van der Waals surface area contributed by atoms with E-state index >= 15 is 0 Å². The van der Waals surface area contributed by atoms with Gasteiger partial charge in [0.05, 0.1) is 19.1 Å². The Morgan fingerprint density at radius 3 is 2.29 bits per heavy atom. The van der Waals surface area contributed by atoms with Crippen LogP contribution >= 0.6 is 0 Å². The Morgan fingerprint density at radius 1 is 1.04 bits per heavy atom. The number of carbonyl (C=O) groups excluding carboxylic acids is 1. The molecule has 24 heavy (non-hydrogen) atoms. The number of nitrogens with zero attached hydrogens (tertiary/aromatic N) is 1. The van der Waals surface area contributed by atoms with E-state index in [1.165, 1.54) is 37.5 Å². The Labute approximate surface area is 138 Å². The third kappa shape index (κ3) is 4.33. The zero-order chi connectivity index (χ0) is 17.5. The predicted octanol–water partition coefficient (Wildman–Crippen LogP) is 3.23. The van der Waals surface area contributed by atoms with Crippen molar-refractivity contribution in [2.24, 2.45) is 0 Å². The van der Waals surface area contributed by atoms with Crippen LogP contribution in [0.1, 0.15) is 5.56 Å². The maximum atomic E-state index is 11.8. The van der Waals surface area contributed by atoms with Crippen LogP contribution in [0.2, 0.25) is 0 Å². The second-order valence-electron chi connectivity index (χ2n) is 4.61. The maximum Gasteiger partial charge on any atom is 0.336 e. The summed E-state index contributed by atoms with van der Waals surface area (Å²) in [4.78, 5) is 21.9. The van der Waals surface area contributed by atoms with Crippen molar-refractivity contribution in [2.75, 3.05) is 14.2 Å². The van der Waals surface area contributed by atoms with E-state index in [1.807, 2.05) is 0 Å². The van der Waals surface area contributed by atoms with Gasteiger partial charge in [-0.05, 0) is 30.3 Å². The molecule has 7 heteroatoms. The number of esters is 1. The Balaban J connectivity index is 2.06. The molecule has 0 radical (unpaired) electrons. The van der Waals surface area contributed by atoms with Crippen LogP contribution in [0.15, 0.2) is 48.5 Å². The Bertz CT molecular complexity index is 767. The number of methoxy groups -OCH3 is 2. The molecule has 0 heterocycles. The molecule has 0 spiro atoms. The van der Waals surface area contributed by atoms with Gasteiger partial charge >= 0.3 is 5.97 Å². The predicted molar refractivity (Wildman–Crippen MR) is 87.3 cm³/mol. The number of hydrogen-bond donors (Lipinski definition) is 0. The van der Waals surface area contributed by atoms with Crippen molar-refractivity contribution in [3.05, 3.63) is 64.2 Å². The molecule has 0 N–H and O–H groups in total. The quantitative estimate of drug-likeness (QED) is 0.266. The molecular weight excluding hydrogens is 314 g/mol. The molecule has 0 saturated carbocycles. The number of ether oxygens (including phenoxy) is 3. The Kier molecular flexibility index (Phi) is 5.51. The third-order valence-electron chi connectivity index (χ3n) is 3.11. The Hall–Kier alpha value is -3.35. The fraction of sp³-hybridized carbons (Fsp3) is 0.118. The van der Waals surface area contributed by atoms with Gasteiger partial charge in [-0.2, -0.15) is 0 Å². The number of carbonyl (C=O) groups is 1. The van der Waals surface area contributed by atoms with Crippen molar-refractivity contribution in [3.63, 3.8) is 0 Å². The lowest BCUT2D eigenvalue weighted by Crippen LogP contribution is -2.03.